The molecule has 0 aliphatic carbocycles. The van der Waals surface area contributed by atoms with E-state index in [1.54, 1.807) is 7.11 Å². The van der Waals surface area contributed by atoms with E-state index in [4.69, 9.17) is 14.2 Å². The van der Waals surface area contributed by atoms with Crippen LogP contribution >= 0.6 is 12.4 Å². The van der Waals surface area contributed by atoms with Gasteiger partial charge in [0, 0.05) is 25.7 Å². The van der Waals surface area contributed by atoms with E-state index in [2.05, 4.69) is 41.1 Å². The Balaban J connectivity index is 0.00000182. The summed E-state index contributed by atoms with van der Waals surface area (Å²) in [6, 6.07) is 9.52. The third-order valence-corrected chi connectivity index (χ3v) is 5.89. The first-order valence-electron chi connectivity index (χ1n) is 9.00. The molecule has 0 bridgehead atoms. The number of fused-ring (bicyclic) bond motifs is 1. The molecule has 0 radical (unpaired) electrons. The van der Waals surface area contributed by atoms with Crippen molar-refractivity contribution in [1.82, 2.24) is 9.80 Å². The number of benzene rings is 1. The Kier molecular flexibility index (Phi) is 6.23. The summed E-state index contributed by atoms with van der Waals surface area (Å²) in [5.74, 6) is 2.36. The number of halogens is 1. The first-order chi connectivity index (χ1) is 11.8. The van der Waals surface area contributed by atoms with Crippen LogP contribution in [0.4, 0.5) is 0 Å². The lowest BCUT2D eigenvalue weighted by molar-refractivity contribution is 0.0757. The van der Waals surface area contributed by atoms with Gasteiger partial charge in [-0.25, -0.2) is 0 Å². The number of hydrogen-bond donors (Lipinski definition) is 0. The lowest BCUT2D eigenvalue weighted by Crippen LogP contribution is -2.41. The summed E-state index contributed by atoms with van der Waals surface area (Å²) in [6.45, 7) is 6.56. The minimum Gasteiger partial charge on any atom is -0.497 e. The minimum atomic E-state index is 0. The molecule has 0 unspecified atom stereocenters. The van der Waals surface area contributed by atoms with Crippen LogP contribution in [0.25, 0.3) is 0 Å². The van der Waals surface area contributed by atoms with Crippen molar-refractivity contribution in [2.75, 3.05) is 60.2 Å². The van der Waals surface area contributed by atoms with Crippen molar-refractivity contribution in [1.29, 1.82) is 0 Å². The lowest BCUT2D eigenvalue weighted by atomic mass is 9.89. The van der Waals surface area contributed by atoms with Crippen LogP contribution in [0.2, 0.25) is 0 Å². The maximum Gasteiger partial charge on any atom is 0.118 e. The van der Waals surface area contributed by atoms with E-state index in [0.717, 1.165) is 44.6 Å². The average Bonchev–Trinajstić information content (AvgIpc) is 2.99. The minimum absolute atomic E-state index is 0. The number of nitrogens with zero attached hydrogens (tertiary/aromatic N) is 2. The van der Waals surface area contributed by atoms with E-state index in [9.17, 15) is 0 Å². The van der Waals surface area contributed by atoms with E-state index >= 15 is 0 Å². The number of ether oxygens (including phenoxy) is 3. The molecule has 6 heteroatoms. The molecule has 4 rings (SSSR count). The molecule has 0 saturated carbocycles. The second-order valence-corrected chi connectivity index (χ2v) is 7.34. The Morgan fingerprint density at radius 1 is 1.00 bits per heavy atom. The van der Waals surface area contributed by atoms with Crippen LogP contribution < -0.4 is 4.74 Å². The van der Waals surface area contributed by atoms with Gasteiger partial charge >= 0.3 is 0 Å². The van der Waals surface area contributed by atoms with Crippen LogP contribution in [-0.4, -0.2) is 76.1 Å². The molecule has 140 valence electrons. The molecule has 1 aromatic rings. The Hall–Kier alpha value is -0.850. The van der Waals surface area contributed by atoms with Crippen LogP contribution in [0, 0.1) is 11.8 Å². The highest BCUT2D eigenvalue weighted by molar-refractivity contribution is 5.85. The molecule has 3 atom stereocenters. The van der Waals surface area contributed by atoms with Gasteiger partial charge in [0.05, 0.1) is 39.6 Å². The molecule has 25 heavy (non-hydrogen) atoms. The van der Waals surface area contributed by atoms with Crippen molar-refractivity contribution >= 4 is 12.4 Å². The van der Waals surface area contributed by atoms with Crippen molar-refractivity contribution in [3.8, 4) is 5.75 Å². The molecule has 3 heterocycles. The first-order valence-corrected chi connectivity index (χ1v) is 9.00. The Bertz CT molecular complexity index is 548. The Labute approximate surface area is 156 Å². The molecular weight excluding hydrogens is 340 g/mol. The van der Waals surface area contributed by atoms with Crippen molar-refractivity contribution in [3.63, 3.8) is 0 Å². The van der Waals surface area contributed by atoms with E-state index < -0.39 is 0 Å². The summed E-state index contributed by atoms with van der Waals surface area (Å²) in [7, 11) is 3.98. The topological polar surface area (TPSA) is 34.2 Å². The second-order valence-electron chi connectivity index (χ2n) is 7.34. The number of methoxy groups -OCH3 is 1. The fraction of sp³-hybridized carbons (Fsp3) is 0.684. The van der Waals surface area contributed by atoms with E-state index in [-0.39, 0.29) is 12.4 Å². The molecule has 5 nitrogen and oxygen atoms in total. The summed E-state index contributed by atoms with van der Waals surface area (Å²) in [6.07, 6.45) is 0. The van der Waals surface area contributed by atoms with Gasteiger partial charge in [0.1, 0.15) is 5.75 Å². The van der Waals surface area contributed by atoms with Gasteiger partial charge in [-0.05, 0) is 36.6 Å². The third kappa shape index (κ3) is 3.81. The average molecular weight is 369 g/mol. The van der Waals surface area contributed by atoms with E-state index in [1.807, 2.05) is 0 Å². The van der Waals surface area contributed by atoms with Crippen LogP contribution in [0.1, 0.15) is 11.6 Å². The van der Waals surface area contributed by atoms with Gasteiger partial charge in [-0.15, -0.1) is 12.4 Å². The molecular formula is C19H29ClN2O3. The highest BCUT2D eigenvalue weighted by atomic mass is 35.5. The van der Waals surface area contributed by atoms with Gasteiger partial charge in [0.25, 0.3) is 0 Å². The van der Waals surface area contributed by atoms with Gasteiger partial charge in [-0.3, -0.25) is 9.80 Å². The zero-order valence-electron chi connectivity index (χ0n) is 15.1. The highest BCUT2D eigenvalue weighted by Crippen LogP contribution is 2.44. The Morgan fingerprint density at radius 3 is 2.32 bits per heavy atom. The second kappa shape index (κ2) is 8.23. The maximum absolute atomic E-state index is 5.71. The van der Waals surface area contributed by atoms with Crippen molar-refractivity contribution in [2.24, 2.45) is 11.8 Å². The maximum atomic E-state index is 5.71. The fourth-order valence-corrected chi connectivity index (χ4v) is 4.71. The molecule has 3 aliphatic heterocycles. The SMILES string of the molecule is COc1ccc([C@H]2[C@@H]3CN(C4COCCOC4)C[C@@H]3CN2C)cc1.Cl. The largest absolute Gasteiger partial charge is 0.497 e. The molecule has 3 aliphatic rings. The lowest BCUT2D eigenvalue weighted by Gasteiger charge is -2.30. The van der Waals surface area contributed by atoms with Gasteiger partial charge in [-0.2, -0.15) is 0 Å². The molecule has 0 spiro atoms. The zero-order chi connectivity index (χ0) is 16.5. The molecule has 0 aromatic heterocycles. The number of rotatable bonds is 3. The molecule has 3 fully saturated rings. The highest BCUT2D eigenvalue weighted by Gasteiger charge is 2.47. The summed E-state index contributed by atoms with van der Waals surface area (Å²) in [4.78, 5) is 5.12. The summed E-state index contributed by atoms with van der Waals surface area (Å²) in [5, 5.41) is 0. The summed E-state index contributed by atoms with van der Waals surface area (Å²) >= 11 is 0. The molecule has 0 amide bonds. The summed E-state index contributed by atoms with van der Waals surface area (Å²) in [5.41, 5.74) is 1.40. The van der Waals surface area contributed by atoms with Crippen LogP contribution in [0.5, 0.6) is 5.75 Å². The quantitative estimate of drug-likeness (QED) is 0.816. The third-order valence-electron chi connectivity index (χ3n) is 5.89. The van der Waals surface area contributed by atoms with Crippen LogP contribution in [0.15, 0.2) is 24.3 Å². The smallest absolute Gasteiger partial charge is 0.118 e. The monoisotopic (exact) mass is 368 g/mol. The number of likely N-dealkylation sites (tertiary alicyclic amines) is 2. The normalized spacial score (nSPS) is 31.4. The summed E-state index contributed by atoms with van der Waals surface area (Å²) < 4.78 is 16.7. The molecule has 1 aromatic carbocycles. The van der Waals surface area contributed by atoms with E-state index in [1.165, 1.54) is 18.7 Å². The van der Waals surface area contributed by atoms with Crippen molar-refractivity contribution in [2.45, 2.75) is 12.1 Å². The van der Waals surface area contributed by atoms with Crippen molar-refractivity contribution in [3.05, 3.63) is 29.8 Å². The predicted molar refractivity (Wildman–Crippen MR) is 99.6 cm³/mol. The predicted octanol–water partition coefficient (Wildman–Crippen LogP) is 2.07. The van der Waals surface area contributed by atoms with Gasteiger partial charge in [-0.1, -0.05) is 12.1 Å². The van der Waals surface area contributed by atoms with Crippen LogP contribution in [-0.2, 0) is 9.47 Å². The fourth-order valence-electron chi connectivity index (χ4n) is 4.71. The Morgan fingerprint density at radius 2 is 1.68 bits per heavy atom. The van der Waals surface area contributed by atoms with Gasteiger partial charge in [0.2, 0.25) is 0 Å². The van der Waals surface area contributed by atoms with Gasteiger partial charge < -0.3 is 14.2 Å². The van der Waals surface area contributed by atoms with E-state index in [0.29, 0.717) is 18.0 Å². The zero-order valence-corrected chi connectivity index (χ0v) is 15.9. The van der Waals surface area contributed by atoms with Crippen LogP contribution in [0.3, 0.4) is 0 Å². The molecule has 3 saturated heterocycles. The molecule has 0 N–H and O–H groups in total. The number of hydrogen-bond acceptors (Lipinski definition) is 5. The standard InChI is InChI=1S/C19H28N2O3.ClH/c1-20-9-15-10-21(16-12-23-7-8-24-13-16)11-18(15)19(20)14-3-5-17(22-2)6-4-14;/h3-6,15-16,18-19H,7-13H2,1-2H3;1H/t15-,18+,19-;/m0./s1. The van der Waals surface area contributed by atoms with Gasteiger partial charge in [0.15, 0.2) is 0 Å². The van der Waals surface area contributed by atoms with Crippen molar-refractivity contribution < 1.29 is 14.2 Å². The first kappa shape index (κ1) is 18.9.